The Morgan fingerprint density at radius 3 is 2.36 bits per heavy atom. The molecule has 0 bridgehead atoms. The molecule has 0 saturated carbocycles. The molecule has 1 aromatic heterocycles. The van der Waals surface area contributed by atoms with Gasteiger partial charge < -0.3 is 10.1 Å². The summed E-state index contributed by atoms with van der Waals surface area (Å²) in [5.74, 6) is 0.389. The fourth-order valence-corrected chi connectivity index (χ4v) is 3.66. The summed E-state index contributed by atoms with van der Waals surface area (Å²) >= 11 is 0. The van der Waals surface area contributed by atoms with Crippen molar-refractivity contribution >= 4 is 21.6 Å². The molecule has 2 rings (SSSR count). The summed E-state index contributed by atoms with van der Waals surface area (Å²) in [6, 6.07) is 6.92. The van der Waals surface area contributed by atoms with Gasteiger partial charge in [0, 0.05) is 19.8 Å². The standard InChI is InChI=1S/C16H22N4O4S/c1-11-16(25(22,23)19(3)4)12(2)20(18-11)10-15(21)17-13-6-8-14(24-5)9-7-13/h6-9H,10H2,1-5H3,(H,17,21). The van der Waals surface area contributed by atoms with Gasteiger partial charge in [0.05, 0.1) is 18.5 Å². The van der Waals surface area contributed by atoms with Gasteiger partial charge in [-0.1, -0.05) is 0 Å². The van der Waals surface area contributed by atoms with E-state index in [1.165, 1.54) is 18.8 Å². The predicted molar refractivity (Wildman–Crippen MR) is 94.2 cm³/mol. The van der Waals surface area contributed by atoms with Gasteiger partial charge in [-0.25, -0.2) is 12.7 Å². The highest BCUT2D eigenvalue weighted by Crippen LogP contribution is 2.22. The number of carbonyl (C=O) groups is 1. The molecule has 0 unspecified atom stereocenters. The molecule has 1 N–H and O–H groups in total. The van der Waals surface area contributed by atoms with Crippen molar-refractivity contribution in [2.24, 2.45) is 0 Å². The number of nitrogens with zero attached hydrogens (tertiary/aromatic N) is 3. The number of carbonyl (C=O) groups excluding carboxylic acids is 1. The molecule has 0 aliphatic rings. The third-order valence-electron chi connectivity index (χ3n) is 3.72. The molecule has 0 aliphatic heterocycles. The van der Waals surface area contributed by atoms with Crippen LogP contribution in [-0.4, -0.2) is 49.6 Å². The van der Waals surface area contributed by atoms with Gasteiger partial charge in [-0.2, -0.15) is 5.10 Å². The second-order valence-corrected chi connectivity index (χ2v) is 7.81. The van der Waals surface area contributed by atoms with Crippen LogP contribution >= 0.6 is 0 Å². The molecule has 0 fully saturated rings. The van der Waals surface area contributed by atoms with Crippen LogP contribution in [0.3, 0.4) is 0 Å². The Morgan fingerprint density at radius 2 is 1.84 bits per heavy atom. The van der Waals surface area contributed by atoms with Gasteiger partial charge in [0.1, 0.15) is 17.2 Å². The number of benzene rings is 1. The van der Waals surface area contributed by atoms with Crippen LogP contribution in [0.1, 0.15) is 11.4 Å². The second kappa shape index (κ2) is 7.24. The number of rotatable bonds is 6. The average molecular weight is 366 g/mol. The topological polar surface area (TPSA) is 93.5 Å². The van der Waals surface area contributed by atoms with Crippen molar-refractivity contribution in [3.05, 3.63) is 35.7 Å². The largest absolute Gasteiger partial charge is 0.497 e. The van der Waals surface area contributed by atoms with Crippen LogP contribution in [0.25, 0.3) is 0 Å². The molecule has 2 aromatic rings. The Bertz CT molecular complexity index is 870. The van der Waals surface area contributed by atoms with E-state index in [2.05, 4.69) is 10.4 Å². The Balaban J connectivity index is 2.19. The first-order valence-corrected chi connectivity index (χ1v) is 9.01. The van der Waals surface area contributed by atoms with E-state index < -0.39 is 10.0 Å². The van der Waals surface area contributed by atoms with Crippen LogP contribution in [0.15, 0.2) is 29.2 Å². The van der Waals surface area contributed by atoms with Crippen LogP contribution < -0.4 is 10.1 Å². The summed E-state index contributed by atoms with van der Waals surface area (Å²) in [6.07, 6.45) is 0. The van der Waals surface area contributed by atoms with Crippen molar-refractivity contribution in [1.29, 1.82) is 0 Å². The zero-order chi connectivity index (χ0) is 18.8. The number of ether oxygens (including phenoxy) is 1. The van der Waals surface area contributed by atoms with Crippen LogP contribution in [0.2, 0.25) is 0 Å². The van der Waals surface area contributed by atoms with Crippen LogP contribution in [-0.2, 0) is 21.4 Å². The van der Waals surface area contributed by atoms with E-state index >= 15 is 0 Å². The van der Waals surface area contributed by atoms with Crippen molar-refractivity contribution in [3.8, 4) is 5.75 Å². The number of hydrogen-bond donors (Lipinski definition) is 1. The van der Waals surface area contributed by atoms with Gasteiger partial charge in [0.25, 0.3) is 0 Å². The number of methoxy groups -OCH3 is 1. The Labute approximate surface area is 147 Å². The molecular formula is C16H22N4O4S. The molecule has 1 amide bonds. The van der Waals surface area contributed by atoms with E-state index in [1.807, 2.05) is 0 Å². The van der Waals surface area contributed by atoms with E-state index in [0.717, 1.165) is 4.31 Å². The molecule has 25 heavy (non-hydrogen) atoms. The smallest absolute Gasteiger partial charge is 0.246 e. The van der Waals surface area contributed by atoms with Crippen molar-refractivity contribution in [1.82, 2.24) is 14.1 Å². The number of aromatic nitrogens is 2. The Hall–Kier alpha value is -2.39. The summed E-state index contributed by atoms with van der Waals surface area (Å²) < 4.78 is 32.4. The molecule has 0 saturated heterocycles. The van der Waals surface area contributed by atoms with E-state index in [0.29, 0.717) is 22.8 Å². The number of amides is 1. The van der Waals surface area contributed by atoms with Gasteiger partial charge in [0.15, 0.2) is 0 Å². The molecular weight excluding hydrogens is 344 g/mol. The molecule has 8 nitrogen and oxygen atoms in total. The minimum absolute atomic E-state index is 0.0817. The highest BCUT2D eigenvalue weighted by atomic mass is 32.2. The average Bonchev–Trinajstić information content (AvgIpc) is 2.82. The van der Waals surface area contributed by atoms with E-state index in [9.17, 15) is 13.2 Å². The molecule has 1 heterocycles. The molecule has 9 heteroatoms. The van der Waals surface area contributed by atoms with Crippen molar-refractivity contribution in [2.45, 2.75) is 25.3 Å². The van der Waals surface area contributed by atoms with Gasteiger partial charge >= 0.3 is 0 Å². The fraction of sp³-hybridized carbons (Fsp3) is 0.375. The Kier molecular flexibility index (Phi) is 5.48. The van der Waals surface area contributed by atoms with Crippen molar-refractivity contribution in [3.63, 3.8) is 0 Å². The SMILES string of the molecule is COc1ccc(NC(=O)Cn2nc(C)c(S(=O)(=O)N(C)C)c2C)cc1. The third kappa shape index (κ3) is 3.99. The molecule has 0 aliphatic carbocycles. The normalized spacial score (nSPS) is 11.6. The lowest BCUT2D eigenvalue weighted by Crippen LogP contribution is -2.24. The number of hydrogen-bond acceptors (Lipinski definition) is 5. The first-order valence-electron chi connectivity index (χ1n) is 7.57. The summed E-state index contributed by atoms with van der Waals surface area (Å²) in [5.41, 5.74) is 1.41. The third-order valence-corrected chi connectivity index (χ3v) is 5.79. The monoisotopic (exact) mass is 366 g/mol. The maximum atomic E-state index is 12.4. The summed E-state index contributed by atoms with van der Waals surface area (Å²) in [5, 5.41) is 6.94. The first kappa shape index (κ1) is 18.9. The Morgan fingerprint density at radius 1 is 1.24 bits per heavy atom. The minimum Gasteiger partial charge on any atom is -0.497 e. The summed E-state index contributed by atoms with van der Waals surface area (Å²) in [4.78, 5) is 12.4. The van der Waals surface area contributed by atoms with E-state index in [1.54, 1.807) is 45.2 Å². The van der Waals surface area contributed by atoms with Crippen LogP contribution in [0.4, 0.5) is 5.69 Å². The second-order valence-electron chi connectivity index (χ2n) is 5.72. The van der Waals surface area contributed by atoms with Gasteiger partial charge in [-0.15, -0.1) is 0 Å². The lowest BCUT2D eigenvalue weighted by molar-refractivity contribution is -0.116. The molecule has 0 atom stereocenters. The summed E-state index contributed by atoms with van der Waals surface area (Å²) in [6.45, 7) is 3.17. The zero-order valence-corrected chi connectivity index (χ0v) is 15.7. The predicted octanol–water partition coefficient (Wildman–Crippen LogP) is 1.40. The first-order chi connectivity index (χ1) is 11.7. The number of anilines is 1. The van der Waals surface area contributed by atoms with Crippen molar-refractivity contribution in [2.75, 3.05) is 26.5 Å². The van der Waals surface area contributed by atoms with Gasteiger partial charge in [-0.05, 0) is 38.1 Å². The van der Waals surface area contributed by atoms with Crippen LogP contribution in [0, 0.1) is 13.8 Å². The highest BCUT2D eigenvalue weighted by Gasteiger charge is 2.27. The quantitative estimate of drug-likeness (QED) is 0.834. The number of nitrogens with one attached hydrogen (secondary N) is 1. The molecule has 0 spiro atoms. The maximum absolute atomic E-state index is 12.4. The minimum atomic E-state index is -3.62. The van der Waals surface area contributed by atoms with E-state index in [-0.39, 0.29) is 17.3 Å². The fourth-order valence-electron chi connectivity index (χ4n) is 2.40. The molecule has 0 radical (unpaired) electrons. The zero-order valence-electron chi connectivity index (χ0n) is 14.9. The highest BCUT2D eigenvalue weighted by molar-refractivity contribution is 7.89. The lowest BCUT2D eigenvalue weighted by atomic mass is 10.3. The summed E-state index contributed by atoms with van der Waals surface area (Å²) in [7, 11) is 0.870. The molecule has 136 valence electrons. The molecule has 1 aromatic carbocycles. The number of sulfonamides is 1. The number of aryl methyl sites for hydroxylation is 1. The van der Waals surface area contributed by atoms with Crippen LogP contribution in [0.5, 0.6) is 5.75 Å². The van der Waals surface area contributed by atoms with Crippen molar-refractivity contribution < 1.29 is 17.9 Å². The lowest BCUT2D eigenvalue weighted by Gasteiger charge is -2.12. The van der Waals surface area contributed by atoms with Gasteiger partial charge in [-0.3, -0.25) is 9.48 Å². The van der Waals surface area contributed by atoms with Gasteiger partial charge in [0.2, 0.25) is 15.9 Å². The maximum Gasteiger partial charge on any atom is 0.246 e. The van der Waals surface area contributed by atoms with E-state index in [4.69, 9.17) is 4.74 Å².